The normalized spacial score (nSPS) is 26.2. The van der Waals surface area contributed by atoms with Crippen LogP contribution in [0.1, 0.15) is 36.1 Å². The highest BCUT2D eigenvalue weighted by atomic mass is 19.1. The number of aromatic hydroxyl groups is 1. The number of alkyl halides is 1. The Morgan fingerprint density at radius 2 is 1.81 bits per heavy atom. The number of carbonyl (C=O) groups excluding carboxylic acids is 3. The molecular weight excluding hydrogens is 545 g/mol. The number of rotatable bonds is 7. The molecule has 5 atom stereocenters. The summed E-state index contributed by atoms with van der Waals surface area (Å²) in [6.45, 7) is 1.68. The van der Waals surface area contributed by atoms with Gasteiger partial charge in [0, 0.05) is 24.1 Å². The molecule has 2 aromatic rings. The fourth-order valence-electron chi connectivity index (χ4n) is 6.85. The first kappa shape index (κ1) is 29.4. The van der Waals surface area contributed by atoms with E-state index in [1.807, 2.05) is 31.2 Å². The monoisotopic (exact) mass is 579 g/mol. The number of phenols is 1. The lowest BCUT2D eigenvalue weighted by atomic mass is 9.57. The Labute approximate surface area is 242 Å². The van der Waals surface area contributed by atoms with Crippen LogP contribution in [0, 0.1) is 11.8 Å². The Morgan fingerprint density at radius 1 is 1.14 bits per heavy atom. The van der Waals surface area contributed by atoms with Crippen molar-refractivity contribution in [3.63, 3.8) is 0 Å². The van der Waals surface area contributed by atoms with Crippen molar-refractivity contribution >= 4 is 23.2 Å². The van der Waals surface area contributed by atoms with Crippen LogP contribution < -0.4 is 11.1 Å². The number of nitrogens with two attached hydrogens (primary N) is 1. The van der Waals surface area contributed by atoms with Crippen molar-refractivity contribution in [2.75, 3.05) is 27.3 Å². The van der Waals surface area contributed by atoms with Crippen LogP contribution in [-0.4, -0.2) is 81.8 Å². The zero-order chi connectivity index (χ0) is 30.7. The lowest BCUT2D eigenvalue weighted by molar-refractivity contribution is -0.153. The van der Waals surface area contributed by atoms with Crippen molar-refractivity contribution in [3.8, 4) is 16.9 Å². The first-order chi connectivity index (χ1) is 19.8. The second kappa shape index (κ2) is 10.6. The number of nitrogens with zero attached hydrogens (tertiary/aromatic N) is 1. The molecule has 1 amide bonds. The molecule has 3 aliphatic rings. The SMILES string of the molecule is CC(NCCF)c1ccc(-c2ccc(O)c3c2C[C@H]2C[C@H]4[C@H](N(C)C)C(=O)C(C(N)=O)=C(O)[C@@]4(O)C(=O)C2=C3O)cc1. The van der Waals surface area contributed by atoms with E-state index in [4.69, 9.17) is 5.73 Å². The number of Topliss-reactive ketones (excluding diaryl/α,β-unsaturated/α-hetero) is 2. The predicted molar refractivity (Wildman–Crippen MR) is 152 cm³/mol. The molecule has 2 aromatic carbocycles. The van der Waals surface area contributed by atoms with Crippen LogP contribution in [0.4, 0.5) is 4.39 Å². The molecule has 222 valence electrons. The Bertz CT molecular complexity index is 1550. The number of phenolic OH excluding ortho intramolecular Hbond substituents is 1. The molecule has 10 nitrogen and oxygen atoms in total. The Morgan fingerprint density at radius 3 is 2.40 bits per heavy atom. The number of ketones is 2. The van der Waals surface area contributed by atoms with Crippen molar-refractivity contribution in [1.82, 2.24) is 10.2 Å². The van der Waals surface area contributed by atoms with E-state index < -0.39 is 64.7 Å². The van der Waals surface area contributed by atoms with Crippen molar-refractivity contribution in [3.05, 3.63) is 70.0 Å². The minimum absolute atomic E-state index is 0.0115. The highest BCUT2D eigenvalue weighted by Gasteiger charge is 2.64. The van der Waals surface area contributed by atoms with Gasteiger partial charge in [-0.25, -0.2) is 4.39 Å². The zero-order valence-electron chi connectivity index (χ0n) is 23.5. The first-order valence-corrected chi connectivity index (χ1v) is 13.7. The summed E-state index contributed by atoms with van der Waals surface area (Å²) in [5.41, 5.74) is 4.70. The summed E-state index contributed by atoms with van der Waals surface area (Å²) in [7, 11) is 3.11. The number of fused-ring (bicyclic) bond motifs is 3. The number of halogens is 1. The standard InChI is InChI=1S/C31H34FN3O7/c1-14(34-11-10-32)15-4-6-16(7-5-15)18-8-9-21(36)23-19(18)12-17-13-20-25(35(2)3)27(38)24(30(33)41)29(40)31(20,42)28(39)22(17)26(23)37/h4-9,14,17,20,25,34,36-37,40,42H,10-13H2,1-3H3,(H2,33,41)/t14?,17-,20-,25-,31-/m0/s1. The molecule has 0 bridgehead atoms. The van der Waals surface area contributed by atoms with Gasteiger partial charge < -0.3 is 31.5 Å². The maximum absolute atomic E-state index is 14.0. The van der Waals surface area contributed by atoms with Gasteiger partial charge in [-0.1, -0.05) is 30.3 Å². The molecule has 1 saturated carbocycles. The second-order valence-corrected chi connectivity index (χ2v) is 11.4. The molecule has 11 heteroatoms. The van der Waals surface area contributed by atoms with E-state index >= 15 is 0 Å². The maximum atomic E-state index is 14.0. The lowest BCUT2D eigenvalue weighted by Crippen LogP contribution is -2.65. The van der Waals surface area contributed by atoms with E-state index in [2.05, 4.69) is 5.32 Å². The molecule has 0 aliphatic heterocycles. The minimum Gasteiger partial charge on any atom is -0.508 e. The summed E-state index contributed by atoms with van der Waals surface area (Å²) in [5.74, 6) is -6.87. The van der Waals surface area contributed by atoms with E-state index in [0.717, 1.165) is 11.1 Å². The summed E-state index contributed by atoms with van der Waals surface area (Å²) in [6, 6.07) is 9.46. The average Bonchev–Trinajstić information content (AvgIpc) is 2.93. The molecule has 0 spiro atoms. The smallest absolute Gasteiger partial charge is 0.255 e. The van der Waals surface area contributed by atoms with Crippen molar-refractivity contribution in [2.45, 2.75) is 37.5 Å². The Hall–Kier alpha value is -4.06. The van der Waals surface area contributed by atoms with Crippen molar-refractivity contribution < 1.29 is 39.2 Å². The number of hydrogen-bond acceptors (Lipinski definition) is 9. The highest BCUT2D eigenvalue weighted by Crippen LogP contribution is 2.53. The molecule has 1 fully saturated rings. The van der Waals surface area contributed by atoms with Gasteiger partial charge in [0.15, 0.2) is 11.4 Å². The molecule has 5 rings (SSSR count). The zero-order valence-corrected chi connectivity index (χ0v) is 23.5. The molecule has 7 N–H and O–H groups in total. The third-order valence-corrected chi connectivity index (χ3v) is 8.87. The van der Waals surface area contributed by atoms with Crippen LogP contribution in [0.2, 0.25) is 0 Å². The first-order valence-electron chi connectivity index (χ1n) is 13.7. The van der Waals surface area contributed by atoms with E-state index in [9.17, 15) is 39.2 Å². The number of aliphatic hydroxyl groups is 3. The number of benzene rings is 2. The van der Waals surface area contributed by atoms with Gasteiger partial charge in [0.1, 0.15) is 29.5 Å². The summed E-state index contributed by atoms with van der Waals surface area (Å²) in [4.78, 5) is 40.8. The third kappa shape index (κ3) is 4.31. The number of likely N-dealkylation sites (N-methyl/N-ethyl adjacent to an activating group) is 1. The van der Waals surface area contributed by atoms with E-state index in [1.54, 1.807) is 20.2 Å². The minimum atomic E-state index is -2.68. The number of aliphatic hydroxyl groups excluding tert-OH is 2. The summed E-state index contributed by atoms with van der Waals surface area (Å²) >= 11 is 0. The molecule has 1 unspecified atom stereocenters. The fraction of sp³-hybridized carbons (Fsp3) is 0.387. The molecule has 42 heavy (non-hydrogen) atoms. The quantitative estimate of drug-likeness (QED) is 0.269. The largest absolute Gasteiger partial charge is 0.508 e. The van der Waals surface area contributed by atoms with Gasteiger partial charge in [-0.2, -0.15) is 0 Å². The summed E-state index contributed by atoms with van der Waals surface area (Å²) in [5, 5.41) is 48.0. The van der Waals surface area contributed by atoms with Gasteiger partial charge in [-0.3, -0.25) is 19.3 Å². The predicted octanol–water partition coefficient (Wildman–Crippen LogP) is 2.25. The van der Waals surface area contributed by atoms with Crippen LogP contribution in [0.25, 0.3) is 16.9 Å². The van der Waals surface area contributed by atoms with Gasteiger partial charge in [0.25, 0.3) is 5.91 Å². The summed E-state index contributed by atoms with van der Waals surface area (Å²) < 4.78 is 12.6. The van der Waals surface area contributed by atoms with Crippen molar-refractivity contribution in [2.24, 2.45) is 17.6 Å². The molecule has 0 heterocycles. The molecule has 0 aromatic heterocycles. The molecule has 3 aliphatic carbocycles. The van der Waals surface area contributed by atoms with Crippen LogP contribution in [0.15, 0.2) is 53.3 Å². The topological polar surface area (TPSA) is 173 Å². The van der Waals surface area contributed by atoms with Crippen LogP contribution in [-0.2, 0) is 20.8 Å². The van der Waals surface area contributed by atoms with Crippen molar-refractivity contribution in [1.29, 1.82) is 0 Å². The molecular formula is C31H34FN3O7. The van der Waals surface area contributed by atoms with Crippen LogP contribution >= 0.6 is 0 Å². The van der Waals surface area contributed by atoms with E-state index in [0.29, 0.717) is 11.1 Å². The van der Waals surface area contributed by atoms with Crippen LogP contribution in [0.5, 0.6) is 5.75 Å². The average molecular weight is 580 g/mol. The lowest BCUT2D eigenvalue weighted by Gasteiger charge is -2.50. The van der Waals surface area contributed by atoms with Gasteiger partial charge in [0.05, 0.1) is 11.6 Å². The fourth-order valence-corrected chi connectivity index (χ4v) is 6.85. The number of nitrogens with one attached hydrogen (secondary N) is 1. The summed E-state index contributed by atoms with van der Waals surface area (Å²) in [6.07, 6.45) is 0.200. The maximum Gasteiger partial charge on any atom is 0.255 e. The number of amides is 1. The number of primary amides is 1. The number of hydrogen-bond donors (Lipinski definition) is 6. The Balaban J connectivity index is 1.63. The number of carbonyl (C=O) groups is 3. The molecule has 0 saturated heterocycles. The van der Waals surface area contributed by atoms with Crippen LogP contribution in [0.3, 0.4) is 0 Å². The molecule has 0 radical (unpaired) electrons. The highest BCUT2D eigenvalue weighted by molar-refractivity contribution is 6.24. The van der Waals surface area contributed by atoms with E-state index in [-0.39, 0.29) is 42.3 Å². The Kier molecular flexibility index (Phi) is 7.46. The van der Waals surface area contributed by atoms with E-state index in [1.165, 1.54) is 11.0 Å². The third-order valence-electron chi connectivity index (χ3n) is 8.87. The second-order valence-electron chi connectivity index (χ2n) is 11.4. The van der Waals surface area contributed by atoms with Gasteiger partial charge in [0.2, 0.25) is 5.78 Å². The van der Waals surface area contributed by atoms with Gasteiger partial charge >= 0.3 is 0 Å². The van der Waals surface area contributed by atoms with Gasteiger partial charge in [-0.15, -0.1) is 0 Å². The van der Waals surface area contributed by atoms with Gasteiger partial charge in [-0.05, 0) is 68.1 Å².